The van der Waals surface area contributed by atoms with E-state index in [1.165, 1.54) is 119 Å². The maximum atomic E-state index is 5.81. The molecule has 0 aliphatic heterocycles. The highest BCUT2D eigenvalue weighted by molar-refractivity contribution is 6.11. The van der Waals surface area contributed by atoms with Gasteiger partial charge in [-0.05, 0) is 0 Å². The molecule has 0 aromatic heterocycles. The fourth-order valence-corrected chi connectivity index (χ4v) is 3.25. The van der Waals surface area contributed by atoms with Gasteiger partial charge in [-0.1, -0.05) is 115 Å². The number of hydrogen-bond acceptors (Lipinski definition) is 1. The molecule has 0 radical (unpaired) electrons. The molecular formula is C18H40AlN. The fourth-order valence-electron chi connectivity index (χ4n) is 2.84. The summed E-state index contributed by atoms with van der Waals surface area (Å²) in [6.45, 7) is 2.29. The Labute approximate surface area is 136 Å². The molecule has 2 heteroatoms. The summed E-state index contributed by atoms with van der Waals surface area (Å²) in [5.41, 5.74) is 5.81. The van der Waals surface area contributed by atoms with Crippen molar-refractivity contribution < 1.29 is 0 Å². The van der Waals surface area contributed by atoms with Crippen molar-refractivity contribution in [3.63, 3.8) is 0 Å². The van der Waals surface area contributed by atoms with Crippen LogP contribution in [0.3, 0.4) is 0 Å². The summed E-state index contributed by atoms with van der Waals surface area (Å²) in [6, 6.07) is 0. The minimum Gasteiger partial charge on any atom is -0.341 e. The molecule has 0 amide bonds. The Balaban J connectivity index is 2.92. The van der Waals surface area contributed by atoms with Crippen LogP contribution in [0.2, 0.25) is 0 Å². The van der Waals surface area contributed by atoms with Crippen LogP contribution in [-0.4, -0.2) is 21.2 Å². The van der Waals surface area contributed by atoms with Crippen molar-refractivity contribution in [3.8, 4) is 0 Å². The van der Waals surface area contributed by atoms with Crippen molar-refractivity contribution in [2.24, 2.45) is 5.73 Å². The van der Waals surface area contributed by atoms with E-state index in [4.69, 9.17) is 5.73 Å². The molecule has 0 spiro atoms. The smallest absolute Gasteiger partial charge is 0.238 e. The van der Waals surface area contributed by atoms with E-state index in [1.54, 1.807) is 0 Å². The highest BCUT2D eigenvalue weighted by atomic mass is 27.0. The van der Waals surface area contributed by atoms with Gasteiger partial charge in [-0.3, -0.25) is 0 Å². The summed E-state index contributed by atoms with van der Waals surface area (Å²) in [5, 5.41) is 0. The summed E-state index contributed by atoms with van der Waals surface area (Å²) in [5.74, 6) is 0. The van der Waals surface area contributed by atoms with E-state index < -0.39 is 0 Å². The van der Waals surface area contributed by atoms with Gasteiger partial charge in [-0.15, -0.1) is 0 Å². The SMILES string of the molecule is CCCCCCCCCCCCCCCCC[CH](N)[AlH2]. The topological polar surface area (TPSA) is 26.0 Å². The van der Waals surface area contributed by atoms with Crippen LogP contribution in [0.5, 0.6) is 0 Å². The van der Waals surface area contributed by atoms with Crippen molar-refractivity contribution in [3.05, 3.63) is 0 Å². The average Bonchev–Trinajstić information content (AvgIpc) is 2.43. The number of nitrogens with two attached hydrogens (primary N) is 1. The summed E-state index contributed by atoms with van der Waals surface area (Å²) >= 11 is 1.17. The molecule has 0 aliphatic rings. The number of unbranched alkanes of at least 4 members (excludes halogenated alkanes) is 14. The van der Waals surface area contributed by atoms with Gasteiger partial charge >= 0.3 is 0 Å². The Morgan fingerprint density at radius 1 is 0.600 bits per heavy atom. The Morgan fingerprint density at radius 3 is 1.20 bits per heavy atom. The molecular weight excluding hydrogens is 257 g/mol. The van der Waals surface area contributed by atoms with Crippen LogP contribution in [0.1, 0.15) is 110 Å². The van der Waals surface area contributed by atoms with Gasteiger partial charge in [0.25, 0.3) is 0 Å². The van der Waals surface area contributed by atoms with E-state index in [1.807, 2.05) is 0 Å². The van der Waals surface area contributed by atoms with Crippen molar-refractivity contribution in [1.82, 2.24) is 0 Å². The predicted octanol–water partition coefficient (Wildman–Crippen LogP) is 5.17. The third-order valence-corrected chi connectivity index (χ3v) is 4.84. The van der Waals surface area contributed by atoms with E-state index in [-0.39, 0.29) is 0 Å². The third kappa shape index (κ3) is 18.5. The van der Waals surface area contributed by atoms with Gasteiger partial charge in [0.1, 0.15) is 0 Å². The molecule has 20 heavy (non-hydrogen) atoms. The zero-order chi connectivity index (χ0) is 14.9. The lowest BCUT2D eigenvalue weighted by atomic mass is 10.0. The van der Waals surface area contributed by atoms with Crippen molar-refractivity contribution in [1.29, 1.82) is 0 Å². The molecule has 0 aromatic rings. The van der Waals surface area contributed by atoms with Gasteiger partial charge in [0, 0.05) is 0 Å². The van der Waals surface area contributed by atoms with Crippen molar-refractivity contribution in [2.45, 2.75) is 115 Å². The van der Waals surface area contributed by atoms with Gasteiger partial charge in [0.2, 0.25) is 16.3 Å². The molecule has 0 saturated heterocycles. The standard InChI is InChI=1S/C18H38N.Al.2H/c1-2-3-4-5-6-7-8-9-10-11-12-13-14-15-16-17-18-19;;;/h18H,2-17,19H2,1H3;;;. The normalized spacial score (nSPS) is 12.7. The summed E-state index contributed by atoms with van der Waals surface area (Å²) in [6.07, 6.45) is 23.0. The second-order valence-electron chi connectivity index (χ2n) is 6.72. The van der Waals surface area contributed by atoms with Crippen LogP contribution in [0.15, 0.2) is 0 Å². The first-order chi connectivity index (χ1) is 9.77. The Kier molecular flexibility index (Phi) is 18.0. The van der Waals surface area contributed by atoms with Gasteiger partial charge in [0.15, 0.2) is 0 Å². The van der Waals surface area contributed by atoms with Gasteiger partial charge in [0.05, 0.1) is 0 Å². The average molecular weight is 298 g/mol. The molecule has 120 valence electrons. The first kappa shape index (κ1) is 20.5. The van der Waals surface area contributed by atoms with Crippen molar-refractivity contribution in [2.75, 3.05) is 0 Å². The molecule has 2 N–H and O–H groups in total. The van der Waals surface area contributed by atoms with Crippen LogP contribution in [0.25, 0.3) is 0 Å². The van der Waals surface area contributed by atoms with E-state index >= 15 is 0 Å². The predicted molar refractivity (Wildman–Crippen MR) is 96.1 cm³/mol. The maximum Gasteiger partial charge on any atom is 0.238 e. The van der Waals surface area contributed by atoms with E-state index in [0.29, 0.717) is 4.90 Å². The summed E-state index contributed by atoms with van der Waals surface area (Å²) < 4.78 is 0. The van der Waals surface area contributed by atoms with Crippen molar-refractivity contribution >= 4 is 16.3 Å². The number of rotatable bonds is 16. The lowest BCUT2D eigenvalue weighted by Gasteiger charge is -2.05. The van der Waals surface area contributed by atoms with E-state index in [0.717, 1.165) is 0 Å². The molecule has 1 nitrogen and oxygen atoms in total. The zero-order valence-electron chi connectivity index (χ0n) is 14.5. The quantitative estimate of drug-likeness (QED) is 0.309. The minimum atomic E-state index is 0.539. The van der Waals surface area contributed by atoms with Crippen LogP contribution in [0.4, 0.5) is 0 Å². The third-order valence-electron chi connectivity index (χ3n) is 4.26. The Hall–Kier alpha value is 0.492. The molecule has 0 aliphatic carbocycles. The van der Waals surface area contributed by atoms with Gasteiger partial charge in [-0.2, -0.15) is 0 Å². The summed E-state index contributed by atoms with van der Waals surface area (Å²) in [7, 11) is 0. The largest absolute Gasteiger partial charge is 0.341 e. The fraction of sp³-hybridized carbons (Fsp3) is 1.00. The van der Waals surface area contributed by atoms with Crippen LogP contribution < -0.4 is 5.73 Å². The molecule has 0 aromatic carbocycles. The number of hydrogen-bond donors (Lipinski definition) is 1. The lowest BCUT2D eigenvalue weighted by Crippen LogP contribution is -2.18. The van der Waals surface area contributed by atoms with E-state index in [9.17, 15) is 0 Å². The molecule has 0 heterocycles. The molecule has 0 saturated carbocycles. The Morgan fingerprint density at radius 2 is 0.900 bits per heavy atom. The molecule has 0 bridgehead atoms. The van der Waals surface area contributed by atoms with Crippen LogP contribution >= 0.6 is 0 Å². The molecule has 1 atom stereocenters. The first-order valence-corrected chi connectivity index (χ1v) is 10.7. The minimum absolute atomic E-state index is 0.539. The lowest BCUT2D eigenvalue weighted by molar-refractivity contribution is 0.528. The molecule has 1 unspecified atom stereocenters. The molecule has 0 rings (SSSR count). The second kappa shape index (κ2) is 17.5. The first-order valence-electron chi connectivity index (χ1n) is 9.53. The zero-order valence-corrected chi connectivity index (χ0v) is 16.5. The van der Waals surface area contributed by atoms with Gasteiger partial charge in [-0.25, -0.2) is 0 Å². The van der Waals surface area contributed by atoms with E-state index in [2.05, 4.69) is 6.92 Å². The maximum absolute atomic E-state index is 5.81. The highest BCUT2D eigenvalue weighted by Gasteiger charge is 1.96. The molecule has 0 fully saturated rings. The van der Waals surface area contributed by atoms with Crippen LogP contribution in [0, 0.1) is 0 Å². The highest BCUT2D eigenvalue weighted by Crippen LogP contribution is 2.13. The Bertz CT molecular complexity index is 171. The summed E-state index contributed by atoms with van der Waals surface area (Å²) in [4.78, 5) is 0.539. The second-order valence-corrected chi connectivity index (χ2v) is 8.20. The van der Waals surface area contributed by atoms with Gasteiger partial charge < -0.3 is 5.73 Å². The van der Waals surface area contributed by atoms with Crippen LogP contribution in [-0.2, 0) is 0 Å². The monoisotopic (exact) mass is 297 g/mol.